The van der Waals surface area contributed by atoms with E-state index in [1.807, 2.05) is 6.92 Å². The summed E-state index contributed by atoms with van der Waals surface area (Å²) in [7, 11) is 1.52. The summed E-state index contributed by atoms with van der Waals surface area (Å²) in [6, 6.07) is 0. The van der Waals surface area contributed by atoms with E-state index in [0.717, 1.165) is 5.57 Å². The standard InChI is InChI=1S/C13H18N4O4S/c1-7(2)4-17-9-10(16(3)12(21)15-11(9)20)14-13(17)22-6-8(19)5-18/h8,18-19H,1,4-6H2,2-3H3,(H,15,20,21)/t8-/m1/s1. The molecule has 0 aliphatic carbocycles. The van der Waals surface area contributed by atoms with Crippen molar-refractivity contribution in [1.29, 1.82) is 0 Å². The second-order valence-electron chi connectivity index (χ2n) is 5.08. The number of nitrogens with zero attached hydrogens (tertiary/aromatic N) is 3. The van der Waals surface area contributed by atoms with Crippen LogP contribution in [0, 0.1) is 0 Å². The summed E-state index contributed by atoms with van der Waals surface area (Å²) in [6.07, 6.45) is -0.884. The SMILES string of the molecule is C=C(C)Cn1c(SC[C@H](O)CO)nc2c1c(=O)[nH]c(=O)n2C. The molecule has 0 fully saturated rings. The molecule has 0 radical (unpaired) electrons. The van der Waals surface area contributed by atoms with Crippen molar-refractivity contribution in [2.24, 2.45) is 7.05 Å². The number of aromatic nitrogens is 4. The number of H-pyrrole nitrogens is 1. The number of imidazole rings is 1. The van der Waals surface area contributed by atoms with Gasteiger partial charge in [0.25, 0.3) is 5.56 Å². The monoisotopic (exact) mass is 326 g/mol. The van der Waals surface area contributed by atoms with Gasteiger partial charge in [-0.2, -0.15) is 0 Å². The highest BCUT2D eigenvalue weighted by Gasteiger charge is 2.18. The van der Waals surface area contributed by atoms with E-state index in [9.17, 15) is 14.7 Å². The number of aliphatic hydroxyl groups is 2. The van der Waals surface area contributed by atoms with E-state index in [1.54, 1.807) is 4.57 Å². The first-order chi connectivity index (χ1) is 10.3. The molecule has 9 heteroatoms. The molecule has 2 aromatic heterocycles. The number of aryl methyl sites for hydroxylation is 1. The Kier molecular flexibility index (Phi) is 4.89. The van der Waals surface area contributed by atoms with Gasteiger partial charge in [-0.3, -0.25) is 14.3 Å². The van der Waals surface area contributed by atoms with Crippen LogP contribution in [0.3, 0.4) is 0 Å². The lowest BCUT2D eigenvalue weighted by molar-refractivity contribution is 0.113. The largest absolute Gasteiger partial charge is 0.394 e. The molecule has 0 saturated carbocycles. The molecule has 1 atom stereocenters. The van der Waals surface area contributed by atoms with Crippen LogP contribution in [0.1, 0.15) is 6.92 Å². The Balaban J connectivity index is 2.61. The number of hydrogen-bond acceptors (Lipinski definition) is 6. The molecule has 120 valence electrons. The fourth-order valence-corrected chi connectivity index (χ4v) is 2.87. The Hall–Kier alpha value is -1.84. The molecule has 0 aliphatic heterocycles. The first kappa shape index (κ1) is 16.5. The van der Waals surface area contributed by atoms with Crippen LogP contribution in [0.15, 0.2) is 26.9 Å². The fraction of sp³-hybridized carbons (Fsp3) is 0.462. The summed E-state index contributed by atoms with van der Waals surface area (Å²) in [5.41, 5.74) is 0.324. The molecule has 22 heavy (non-hydrogen) atoms. The summed E-state index contributed by atoms with van der Waals surface area (Å²) in [5, 5.41) is 18.8. The number of rotatable bonds is 6. The van der Waals surface area contributed by atoms with Crippen LogP contribution in [0.4, 0.5) is 0 Å². The number of nitrogens with one attached hydrogen (secondary N) is 1. The maximum absolute atomic E-state index is 12.1. The van der Waals surface area contributed by atoms with Crippen LogP contribution in [0.2, 0.25) is 0 Å². The Morgan fingerprint density at radius 1 is 1.50 bits per heavy atom. The van der Waals surface area contributed by atoms with E-state index in [1.165, 1.54) is 23.4 Å². The number of thioether (sulfide) groups is 1. The highest BCUT2D eigenvalue weighted by molar-refractivity contribution is 7.99. The maximum atomic E-state index is 12.1. The third-order valence-corrected chi connectivity index (χ3v) is 4.14. The average Bonchev–Trinajstić information content (AvgIpc) is 2.80. The van der Waals surface area contributed by atoms with Gasteiger partial charge in [-0.1, -0.05) is 23.9 Å². The number of aliphatic hydroxyl groups excluding tert-OH is 2. The van der Waals surface area contributed by atoms with Gasteiger partial charge in [0.15, 0.2) is 16.3 Å². The van der Waals surface area contributed by atoms with Crippen LogP contribution < -0.4 is 11.2 Å². The Morgan fingerprint density at radius 2 is 2.18 bits per heavy atom. The van der Waals surface area contributed by atoms with Gasteiger partial charge in [0.1, 0.15) is 0 Å². The smallest absolute Gasteiger partial charge is 0.329 e. The minimum Gasteiger partial charge on any atom is -0.394 e. The second kappa shape index (κ2) is 6.51. The summed E-state index contributed by atoms with van der Waals surface area (Å²) in [5.74, 6) is 0.224. The van der Waals surface area contributed by atoms with Crippen LogP contribution in [-0.4, -0.2) is 47.8 Å². The van der Waals surface area contributed by atoms with Gasteiger partial charge in [0.05, 0.1) is 12.7 Å². The first-order valence-electron chi connectivity index (χ1n) is 6.60. The second-order valence-corrected chi connectivity index (χ2v) is 6.06. The van der Waals surface area contributed by atoms with Gasteiger partial charge in [-0.25, -0.2) is 9.78 Å². The van der Waals surface area contributed by atoms with Crippen molar-refractivity contribution in [2.45, 2.75) is 24.7 Å². The maximum Gasteiger partial charge on any atom is 0.329 e. The van der Waals surface area contributed by atoms with Gasteiger partial charge < -0.3 is 14.8 Å². The molecule has 0 aliphatic rings. The van der Waals surface area contributed by atoms with Gasteiger partial charge in [0, 0.05) is 19.3 Å². The van der Waals surface area contributed by atoms with Crippen LogP contribution in [0.25, 0.3) is 11.2 Å². The Bertz CT molecular complexity index is 820. The van der Waals surface area contributed by atoms with Crippen LogP contribution >= 0.6 is 11.8 Å². The number of hydrogen-bond donors (Lipinski definition) is 3. The Labute approximate surface area is 130 Å². The normalized spacial score (nSPS) is 12.7. The van der Waals surface area contributed by atoms with Crippen molar-refractivity contribution < 1.29 is 10.2 Å². The van der Waals surface area contributed by atoms with Crippen molar-refractivity contribution in [1.82, 2.24) is 19.1 Å². The van der Waals surface area contributed by atoms with E-state index < -0.39 is 17.4 Å². The zero-order valence-corrected chi connectivity index (χ0v) is 13.2. The molecule has 0 saturated heterocycles. The quantitative estimate of drug-likeness (QED) is 0.485. The summed E-state index contributed by atoms with van der Waals surface area (Å²) in [6.45, 7) is 5.67. The average molecular weight is 326 g/mol. The molecule has 0 amide bonds. The topological polar surface area (TPSA) is 113 Å². The predicted octanol–water partition coefficient (Wildman–Crippen LogP) is -0.555. The zero-order chi connectivity index (χ0) is 16.4. The molecule has 2 heterocycles. The molecule has 0 bridgehead atoms. The van der Waals surface area contributed by atoms with Crippen molar-refractivity contribution in [3.8, 4) is 0 Å². The van der Waals surface area contributed by atoms with Gasteiger partial charge in [-0.05, 0) is 6.92 Å². The van der Waals surface area contributed by atoms with Crippen LogP contribution in [-0.2, 0) is 13.6 Å². The minimum atomic E-state index is -0.884. The molecule has 2 aromatic rings. The number of aromatic amines is 1. The van der Waals surface area contributed by atoms with Crippen molar-refractivity contribution in [3.05, 3.63) is 33.0 Å². The Morgan fingerprint density at radius 3 is 2.77 bits per heavy atom. The lowest BCUT2D eigenvalue weighted by atomic mass is 10.3. The van der Waals surface area contributed by atoms with E-state index in [0.29, 0.717) is 11.7 Å². The summed E-state index contributed by atoms with van der Waals surface area (Å²) >= 11 is 1.20. The van der Waals surface area contributed by atoms with Gasteiger partial charge >= 0.3 is 5.69 Å². The lowest BCUT2D eigenvalue weighted by Gasteiger charge is -2.09. The van der Waals surface area contributed by atoms with Crippen molar-refractivity contribution >= 4 is 22.9 Å². The van der Waals surface area contributed by atoms with Gasteiger partial charge in [-0.15, -0.1) is 0 Å². The van der Waals surface area contributed by atoms with E-state index in [-0.39, 0.29) is 23.5 Å². The zero-order valence-electron chi connectivity index (χ0n) is 12.4. The highest BCUT2D eigenvalue weighted by atomic mass is 32.2. The van der Waals surface area contributed by atoms with Crippen LogP contribution in [0.5, 0.6) is 0 Å². The van der Waals surface area contributed by atoms with E-state index >= 15 is 0 Å². The summed E-state index contributed by atoms with van der Waals surface area (Å²) in [4.78, 5) is 30.3. The molecule has 0 unspecified atom stereocenters. The van der Waals surface area contributed by atoms with E-state index in [4.69, 9.17) is 5.11 Å². The third-order valence-electron chi connectivity index (χ3n) is 3.02. The minimum absolute atomic E-state index is 0.224. The molecule has 0 aromatic carbocycles. The molecule has 3 N–H and O–H groups in total. The highest BCUT2D eigenvalue weighted by Crippen LogP contribution is 2.23. The van der Waals surface area contributed by atoms with E-state index in [2.05, 4.69) is 16.5 Å². The fourth-order valence-electron chi connectivity index (χ4n) is 1.96. The molecular formula is C13H18N4O4S. The van der Waals surface area contributed by atoms with Gasteiger partial charge in [0.2, 0.25) is 0 Å². The van der Waals surface area contributed by atoms with Crippen molar-refractivity contribution in [3.63, 3.8) is 0 Å². The molecule has 2 rings (SSSR count). The molecular weight excluding hydrogens is 308 g/mol. The predicted molar refractivity (Wildman–Crippen MR) is 84.2 cm³/mol. The lowest BCUT2D eigenvalue weighted by Crippen LogP contribution is -2.29. The number of allylic oxidation sites excluding steroid dienone is 1. The summed E-state index contributed by atoms with van der Waals surface area (Å²) < 4.78 is 2.92. The third kappa shape index (κ3) is 3.16. The first-order valence-corrected chi connectivity index (χ1v) is 7.59. The molecule has 8 nitrogen and oxygen atoms in total. The molecule has 0 spiro atoms. The van der Waals surface area contributed by atoms with Crippen molar-refractivity contribution in [2.75, 3.05) is 12.4 Å². The number of fused-ring (bicyclic) bond motifs is 1.